The molecule has 6 heteroatoms. The molecule has 3 N–H and O–H groups in total. The minimum atomic E-state index is -1.04. The molecule has 1 fully saturated rings. The molecule has 0 bridgehead atoms. The van der Waals surface area contributed by atoms with Gasteiger partial charge in [-0.3, -0.25) is 4.79 Å². The average Bonchev–Trinajstić information content (AvgIpc) is 2.62. The Kier molecular flexibility index (Phi) is 4.56. The molecule has 0 aromatic carbocycles. The second-order valence-corrected chi connectivity index (χ2v) is 5.65. The lowest BCUT2D eigenvalue weighted by atomic mass is 10.1. The molecule has 6 nitrogen and oxygen atoms in total. The van der Waals surface area contributed by atoms with Crippen molar-refractivity contribution in [2.45, 2.75) is 57.7 Å². The van der Waals surface area contributed by atoms with Crippen molar-refractivity contribution in [3.05, 3.63) is 0 Å². The van der Waals surface area contributed by atoms with Gasteiger partial charge in [0, 0.05) is 12.6 Å². The number of carbonyl (C=O) groups is 2. The van der Waals surface area contributed by atoms with Crippen LogP contribution in [0.4, 0.5) is 4.79 Å². The average molecular weight is 258 g/mol. The molecule has 18 heavy (non-hydrogen) atoms. The monoisotopic (exact) mass is 258 g/mol. The van der Waals surface area contributed by atoms with Crippen LogP contribution in [0.3, 0.4) is 0 Å². The highest BCUT2D eigenvalue weighted by Crippen LogP contribution is 2.23. The number of carbonyl (C=O) groups excluding carboxylic acids is 1. The number of carboxylic acids is 1. The molecule has 1 aliphatic rings. The van der Waals surface area contributed by atoms with Crippen LogP contribution in [0.5, 0.6) is 0 Å². The van der Waals surface area contributed by atoms with E-state index in [0.717, 1.165) is 12.8 Å². The van der Waals surface area contributed by atoms with Crippen molar-refractivity contribution >= 4 is 12.1 Å². The number of rotatable bonds is 3. The van der Waals surface area contributed by atoms with Gasteiger partial charge < -0.3 is 20.5 Å². The maximum Gasteiger partial charge on any atom is 0.410 e. The first-order valence-corrected chi connectivity index (χ1v) is 6.18. The molecular weight excluding hydrogens is 236 g/mol. The molecule has 1 unspecified atom stereocenters. The van der Waals surface area contributed by atoms with E-state index >= 15 is 0 Å². The van der Waals surface area contributed by atoms with Gasteiger partial charge in [0.15, 0.2) is 0 Å². The molecule has 0 aliphatic carbocycles. The summed E-state index contributed by atoms with van der Waals surface area (Å²) in [5.41, 5.74) is 4.97. The van der Waals surface area contributed by atoms with E-state index in [1.807, 2.05) is 0 Å². The van der Waals surface area contributed by atoms with E-state index < -0.39 is 17.6 Å². The van der Waals surface area contributed by atoms with E-state index in [1.54, 1.807) is 25.7 Å². The Labute approximate surface area is 107 Å². The van der Waals surface area contributed by atoms with Crippen LogP contribution in [-0.2, 0) is 9.53 Å². The van der Waals surface area contributed by atoms with Gasteiger partial charge in [0.25, 0.3) is 0 Å². The summed E-state index contributed by atoms with van der Waals surface area (Å²) in [7, 11) is 0. The third-order valence-corrected chi connectivity index (χ3v) is 2.85. The van der Waals surface area contributed by atoms with Crippen LogP contribution >= 0.6 is 0 Å². The Balaban J connectivity index is 2.59. The van der Waals surface area contributed by atoms with E-state index in [0.29, 0.717) is 6.54 Å². The first-order valence-electron chi connectivity index (χ1n) is 6.18. The highest BCUT2D eigenvalue weighted by molar-refractivity contribution is 5.73. The maximum atomic E-state index is 11.9. The van der Waals surface area contributed by atoms with Gasteiger partial charge in [0.05, 0.1) is 0 Å². The van der Waals surface area contributed by atoms with Crippen LogP contribution < -0.4 is 5.73 Å². The fourth-order valence-corrected chi connectivity index (χ4v) is 2.04. The van der Waals surface area contributed by atoms with Crippen LogP contribution in [0, 0.1) is 0 Å². The van der Waals surface area contributed by atoms with Crippen molar-refractivity contribution in [2.75, 3.05) is 6.54 Å². The van der Waals surface area contributed by atoms with E-state index in [4.69, 9.17) is 15.6 Å². The van der Waals surface area contributed by atoms with E-state index in [1.165, 1.54) is 0 Å². The lowest BCUT2D eigenvalue weighted by Gasteiger charge is -2.29. The predicted molar refractivity (Wildman–Crippen MR) is 66.2 cm³/mol. The Bertz CT molecular complexity index is 325. The molecule has 0 saturated carbocycles. The molecule has 0 radical (unpaired) electrons. The largest absolute Gasteiger partial charge is 0.480 e. The van der Waals surface area contributed by atoms with Crippen molar-refractivity contribution in [3.63, 3.8) is 0 Å². The number of ether oxygens (including phenoxy) is 1. The van der Waals surface area contributed by atoms with Crippen LogP contribution in [0.15, 0.2) is 0 Å². The molecule has 104 valence electrons. The predicted octanol–water partition coefficient (Wildman–Crippen LogP) is 1.19. The summed E-state index contributed by atoms with van der Waals surface area (Å²) in [4.78, 5) is 24.3. The highest BCUT2D eigenvalue weighted by Gasteiger charge is 2.34. The summed E-state index contributed by atoms with van der Waals surface area (Å²) in [5, 5.41) is 8.79. The number of nitrogens with zero attached hydrogens (tertiary/aromatic N) is 1. The fraction of sp³-hybridized carbons (Fsp3) is 0.833. The summed E-state index contributed by atoms with van der Waals surface area (Å²) < 4.78 is 5.29. The summed E-state index contributed by atoms with van der Waals surface area (Å²) in [6, 6.07) is -1.07. The lowest BCUT2D eigenvalue weighted by Crippen LogP contribution is -2.43. The van der Waals surface area contributed by atoms with Gasteiger partial charge in [-0.1, -0.05) is 0 Å². The van der Waals surface area contributed by atoms with E-state index in [2.05, 4.69) is 0 Å². The second-order valence-electron chi connectivity index (χ2n) is 5.65. The van der Waals surface area contributed by atoms with Crippen molar-refractivity contribution in [1.29, 1.82) is 0 Å². The Hall–Kier alpha value is -1.30. The molecule has 0 aromatic heterocycles. The number of carboxylic acid groups (broad SMARTS) is 1. The standard InChI is InChI=1S/C12H22N2O4/c1-12(2,3)18-11(17)14-6-4-5-8(14)7-9(13)10(15)16/h8-9H,4-7,13H2,1-3H3,(H,15,16)/t8-,9?/m0/s1. The molecule has 1 aliphatic heterocycles. The third kappa shape index (κ3) is 4.18. The van der Waals surface area contributed by atoms with Gasteiger partial charge in [-0.05, 0) is 40.0 Å². The zero-order valence-corrected chi connectivity index (χ0v) is 11.2. The zero-order valence-electron chi connectivity index (χ0n) is 11.2. The highest BCUT2D eigenvalue weighted by atomic mass is 16.6. The lowest BCUT2D eigenvalue weighted by molar-refractivity contribution is -0.139. The van der Waals surface area contributed by atoms with Crippen molar-refractivity contribution in [1.82, 2.24) is 4.90 Å². The second kappa shape index (κ2) is 5.56. The zero-order chi connectivity index (χ0) is 13.9. The molecule has 2 atom stereocenters. The van der Waals surface area contributed by atoms with Crippen molar-refractivity contribution < 1.29 is 19.4 Å². The number of hydrogen-bond acceptors (Lipinski definition) is 4. The Morgan fingerprint density at radius 3 is 2.61 bits per heavy atom. The number of nitrogens with two attached hydrogens (primary N) is 1. The normalized spacial score (nSPS) is 21.8. The minimum Gasteiger partial charge on any atom is -0.480 e. The van der Waals surface area contributed by atoms with Gasteiger partial charge in [0.1, 0.15) is 11.6 Å². The minimum absolute atomic E-state index is 0.133. The summed E-state index contributed by atoms with van der Waals surface area (Å²) in [6.45, 7) is 6.02. The summed E-state index contributed by atoms with van der Waals surface area (Å²) in [5.74, 6) is -1.04. The number of hydrogen-bond donors (Lipinski definition) is 2. The fourth-order valence-electron chi connectivity index (χ4n) is 2.04. The SMILES string of the molecule is CC(C)(C)OC(=O)N1CCC[C@H]1CC(N)C(=O)O. The number of likely N-dealkylation sites (tertiary alicyclic amines) is 1. The number of aliphatic carboxylic acids is 1. The maximum absolute atomic E-state index is 11.9. The van der Waals surface area contributed by atoms with Crippen molar-refractivity contribution in [2.24, 2.45) is 5.73 Å². The molecule has 0 spiro atoms. The molecule has 1 heterocycles. The van der Waals surface area contributed by atoms with E-state index in [-0.39, 0.29) is 18.6 Å². The van der Waals surface area contributed by atoms with Crippen LogP contribution in [-0.4, -0.2) is 46.3 Å². The summed E-state index contributed by atoms with van der Waals surface area (Å²) >= 11 is 0. The van der Waals surface area contributed by atoms with Gasteiger partial charge in [0.2, 0.25) is 0 Å². The summed E-state index contributed by atoms with van der Waals surface area (Å²) in [6.07, 6.45) is 1.52. The van der Waals surface area contributed by atoms with Crippen LogP contribution in [0.2, 0.25) is 0 Å². The van der Waals surface area contributed by atoms with Gasteiger partial charge in [-0.2, -0.15) is 0 Å². The van der Waals surface area contributed by atoms with E-state index in [9.17, 15) is 9.59 Å². The Morgan fingerprint density at radius 1 is 1.50 bits per heavy atom. The third-order valence-electron chi connectivity index (χ3n) is 2.85. The van der Waals surface area contributed by atoms with Gasteiger partial charge >= 0.3 is 12.1 Å². The van der Waals surface area contributed by atoms with Gasteiger partial charge in [-0.25, -0.2) is 4.79 Å². The molecule has 1 rings (SSSR count). The van der Waals surface area contributed by atoms with Crippen LogP contribution in [0.25, 0.3) is 0 Å². The first-order chi connectivity index (χ1) is 8.20. The molecule has 1 saturated heterocycles. The topological polar surface area (TPSA) is 92.9 Å². The molecule has 0 aromatic rings. The molecule has 1 amide bonds. The smallest absolute Gasteiger partial charge is 0.410 e. The Morgan fingerprint density at radius 2 is 2.11 bits per heavy atom. The number of amides is 1. The van der Waals surface area contributed by atoms with Crippen molar-refractivity contribution in [3.8, 4) is 0 Å². The quantitative estimate of drug-likeness (QED) is 0.793. The van der Waals surface area contributed by atoms with Gasteiger partial charge in [-0.15, -0.1) is 0 Å². The van der Waals surface area contributed by atoms with Crippen LogP contribution in [0.1, 0.15) is 40.0 Å². The first kappa shape index (κ1) is 14.8. The molecular formula is C12H22N2O4.